The summed E-state index contributed by atoms with van der Waals surface area (Å²) >= 11 is 0. The molecule has 2 aliphatic rings. The number of benzene rings is 2. The van der Waals surface area contributed by atoms with Crippen molar-refractivity contribution in [3.63, 3.8) is 0 Å². The molecule has 0 aliphatic carbocycles. The summed E-state index contributed by atoms with van der Waals surface area (Å²) in [6.07, 6.45) is 1.30. The zero-order valence-corrected chi connectivity index (χ0v) is 18.0. The summed E-state index contributed by atoms with van der Waals surface area (Å²) in [5.74, 6) is 0.567. The minimum atomic E-state index is -0.528. The van der Waals surface area contributed by atoms with Crippen molar-refractivity contribution >= 4 is 5.91 Å². The minimum Gasteiger partial charge on any atom is -0.493 e. The number of aliphatic hydroxyl groups is 1. The molecule has 3 atom stereocenters. The normalized spacial score (nSPS) is 20.9. The molecule has 0 saturated carbocycles. The molecule has 6 nitrogen and oxygen atoms in total. The van der Waals surface area contributed by atoms with Gasteiger partial charge in [0.2, 0.25) is 5.91 Å². The Hall–Kier alpha value is -2.41. The molecule has 2 aromatic rings. The van der Waals surface area contributed by atoms with Crippen molar-refractivity contribution in [2.45, 2.75) is 31.4 Å². The maximum Gasteiger partial charge on any atom is 0.224 e. The van der Waals surface area contributed by atoms with E-state index in [1.807, 2.05) is 54.6 Å². The lowest BCUT2D eigenvalue weighted by molar-refractivity contribution is -0.127. The van der Waals surface area contributed by atoms with Crippen molar-refractivity contribution in [3.8, 4) is 5.75 Å². The molecule has 0 aromatic heterocycles. The highest BCUT2D eigenvalue weighted by molar-refractivity contribution is 5.79. The number of ether oxygens (including phenoxy) is 1. The third-order valence-corrected chi connectivity index (χ3v) is 6.21. The van der Waals surface area contributed by atoms with E-state index in [1.165, 1.54) is 0 Å². The molecular formula is C25H33N3O3. The number of carbonyl (C=O) groups is 1. The Labute approximate surface area is 184 Å². The standard InChI is InChI=1S/C25H33N3O3/c29-21(18-28-13-11-26-12-14-28)17-20(16-19-6-2-1-3-7-19)25(30)27-23-10-15-31-24-9-5-4-8-22(23)24/h1-9,20-21,23,26,29H,10-18H2,(H,27,30)/t20?,21?,23-/m1/s1. The molecule has 4 rings (SSSR count). The first-order valence-electron chi connectivity index (χ1n) is 11.4. The number of rotatable bonds is 8. The third-order valence-electron chi connectivity index (χ3n) is 6.21. The molecule has 1 amide bonds. The topological polar surface area (TPSA) is 73.8 Å². The maximum absolute atomic E-state index is 13.4. The van der Waals surface area contributed by atoms with Crippen molar-refractivity contribution in [2.75, 3.05) is 39.3 Å². The number of hydrogen-bond acceptors (Lipinski definition) is 5. The molecule has 2 heterocycles. The summed E-state index contributed by atoms with van der Waals surface area (Å²) < 4.78 is 5.74. The van der Waals surface area contributed by atoms with Crippen LogP contribution >= 0.6 is 0 Å². The van der Waals surface area contributed by atoms with E-state index in [0.717, 1.165) is 49.5 Å². The first-order valence-corrected chi connectivity index (χ1v) is 11.4. The van der Waals surface area contributed by atoms with Gasteiger partial charge in [-0.05, 0) is 24.5 Å². The number of nitrogens with one attached hydrogen (secondary N) is 2. The summed E-state index contributed by atoms with van der Waals surface area (Å²) in [6.45, 7) is 4.97. The summed E-state index contributed by atoms with van der Waals surface area (Å²) in [7, 11) is 0. The number of piperazine rings is 1. The highest BCUT2D eigenvalue weighted by Gasteiger charge is 2.28. The predicted molar refractivity (Wildman–Crippen MR) is 121 cm³/mol. The predicted octanol–water partition coefficient (Wildman–Crippen LogP) is 2.14. The van der Waals surface area contributed by atoms with Crippen LogP contribution in [-0.2, 0) is 11.2 Å². The molecule has 3 N–H and O–H groups in total. The molecule has 31 heavy (non-hydrogen) atoms. The largest absolute Gasteiger partial charge is 0.493 e. The Kier molecular flexibility index (Phi) is 7.57. The average molecular weight is 424 g/mol. The Morgan fingerprint density at radius 2 is 1.87 bits per heavy atom. The molecule has 166 valence electrons. The van der Waals surface area contributed by atoms with Crippen LogP contribution < -0.4 is 15.4 Å². The Morgan fingerprint density at radius 3 is 2.68 bits per heavy atom. The molecule has 2 unspecified atom stereocenters. The van der Waals surface area contributed by atoms with Crippen molar-refractivity contribution in [1.82, 2.24) is 15.5 Å². The molecule has 1 fully saturated rings. The van der Waals surface area contributed by atoms with Crippen LogP contribution in [0.15, 0.2) is 54.6 Å². The molecule has 2 aromatic carbocycles. The number of fused-ring (bicyclic) bond motifs is 1. The van der Waals surface area contributed by atoms with Gasteiger partial charge in [-0.1, -0.05) is 48.5 Å². The zero-order valence-electron chi connectivity index (χ0n) is 18.0. The van der Waals surface area contributed by atoms with Crippen molar-refractivity contribution < 1.29 is 14.6 Å². The number of amides is 1. The zero-order chi connectivity index (χ0) is 21.5. The number of para-hydroxylation sites is 1. The summed E-state index contributed by atoms with van der Waals surface area (Å²) in [5.41, 5.74) is 2.14. The van der Waals surface area contributed by atoms with Crippen LogP contribution in [0.2, 0.25) is 0 Å². The molecule has 2 aliphatic heterocycles. The first-order chi connectivity index (χ1) is 15.2. The minimum absolute atomic E-state index is 0.00455. The van der Waals surface area contributed by atoms with Crippen molar-refractivity contribution in [1.29, 1.82) is 0 Å². The fraction of sp³-hybridized carbons (Fsp3) is 0.480. The second-order valence-electron chi connectivity index (χ2n) is 8.56. The molecule has 1 saturated heterocycles. The van der Waals surface area contributed by atoms with Crippen molar-refractivity contribution in [2.24, 2.45) is 5.92 Å². The number of β-amino-alcohol motifs (C(OH)–C–C–N with tert-alkyl or cyclic N) is 1. The highest BCUT2D eigenvalue weighted by atomic mass is 16.5. The van der Waals surface area contributed by atoms with Crippen LogP contribution in [0, 0.1) is 5.92 Å². The maximum atomic E-state index is 13.4. The first kappa shape index (κ1) is 21.8. The number of carbonyl (C=O) groups excluding carboxylic acids is 1. The van der Waals surface area contributed by atoms with E-state index in [9.17, 15) is 9.90 Å². The van der Waals surface area contributed by atoms with Gasteiger partial charge in [0.05, 0.1) is 18.8 Å². The Balaban J connectivity index is 1.43. The molecular weight excluding hydrogens is 390 g/mol. The highest BCUT2D eigenvalue weighted by Crippen LogP contribution is 2.32. The van der Waals surface area contributed by atoms with Crippen LogP contribution in [0.4, 0.5) is 0 Å². The van der Waals surface area contributed by atoms with Gasteiger partial charge in [0, 0.05) is 50.6 Å². The smallest absolute Gasteiger partial charge is 0.224 e. The van der Waals surface area contributed by atoms with Gasteiger partial charge in [-0.3, -0.25) is 9.69 Å². The summed E-state index contributed by atoms with van der Waals surface area (Å²) in [4.78, 5) is 15.6. The SMILES string of the molecule is O=C(N[C@@H]1CCOc2ccccc21)C(Cc1ccccc1)CC(O)CN1CCNCC1. The molecule has 0 radical (unpaired) electrons. The van der Waals surface area contributed by atoms with E-state index >= 15 is 0 Å². The van der Waals surface area contributed by atoms with E-state index in [1.54, 1.807) is 0 Å². The quantitative estimate of drug-likeness (QED) is 0.607. The van der Waals surface area contributed by atoms with Crippen LogP contribution in [0.5, 0.6) is 5.75 Å². The molecule has 0 spiro atoms. The fourth-order valence-corrected chi connectivity index (χ4v) is 4.56. The third kappa shape index (κ3) is 6.06. The lowest BCUT2D eigenvalue weighted by Gasteiger charge is -2.31. The average Bonchev–Trinajstić information content (AvgIpc) is 2.80. The van der Waals surface area contributed by atoms with Gasteiger partial charge in [0.1, 0.15) is 5.75 Å². The van der Waals surface area contributed by atoms with E-state index in [-0.39, 0.29) is 17.9 Å². The monoisotopic (exact) mass is 423 g/mol. The van der Waals surface area contributed by atoms with E-state index in [2.05, 4.69) is 15.5 Å². The second kappa shape index (κ2) is 10.8. The summed E-state index contributed by atoms with van der Waals surface area (Å²) in [6, 6.07) is 17.9. The number of hydrogen-bond donors (Lipinski definition) is 3. The number of aliphatic hydroxyl groups excluding tert-OH is 1. The van der Waals surface area contributed by atoms with Gasteiger partial charge >= 0.3 is 0 Å². The summed E-state index contributed by atoms with van der Waals surface area (Å²) in [5, 5.41) is 17.4. The van der Waals surface area contributed by atoms with Crippen LogP contribution in [0.25, 0.3) is 0 Å². The molecule has 6 heteroatoms. The fourth-order valence-electron chi connectivity index (χ4n) is 4.56. The van der Waals surface area contributed by atoms with Crippen molar-refractivity contribution in [3.05, 3.63) is 65.7 Å². The van der Waals surface area contributed by atoms with Gasteiger partial charge in [-0.2, -0.15) is 0 Å². The molecule has 0 bridgehead atoms. The van der Waals surface area contributed by atoms with Gasteiger partial charge in [-0.15, -0.1) is 0 Å². The lowest BCUT2D eigenvalue weighted by Crippen LogP contribution is -2.47. The van der Waals surface area contributed by atoms with Gasteiger partial charge in [0.25, 0.3) is 0 Å². The van der Waals surface area contributed by atoms with Gasteiger partial charge < -0.3 is 20.5 Å². The van der Waals surface area contributed by atoms with Crippen LogP contribution in [0.1, 0.15) is 30.0 Å². The van der Waals surface area contributed by atoms with E-state index in [0.29, 0.717) is 26.0 Å². The van der Waals surface area contributed by atoms with Crippen LogP contribution in [-0.4, -0.2) is 61.3 Å². The Morgan fingerprint density at radius 1 is 1.13 bits per heavy atom. The van der Waals surface area contributed by atoms with Gasteiger partial charge in [0.15, 0.2) is 0 Å². The van der Waals surface area contributed by atoms with Gasteiger partial charge in [-0.25, -0.2) is 0 Å². The van der Waals surface area contributed by atoms with Crippen LogP contribution in [0.3, 0.4) is 0 Å². The number of nitrogens with zero attached hydrogens (tertiary/aromatic N) is 1. The lowest BCUT2D eigenvalue weighted by atomic mass is 9.91. The van der Waals surface area contributed by atoms with E-state index in [4.69, 9.17) is 4.74 Å². The Bertz CT molecular complexity index is 839. The second-order valence-corrected chi connectivity index (χ2v) is 8.56. The van der Waals surface area contributed by atoms with E-state index < -0.39 is 6.10 Å².